The Morgan fingerprint density at radius 3 is 2.94 bits per heavy atom. The molecular weight excluding hydrogens is 232 g/mol. The van der Waals surface area contributed by atoms with Crippen LogP contribution in [0.15, 0.2) is 4.99 Å². The molecule has 1 amide bonds. The number of amides is 1. The second-order valence-corrected chi connectivity index (χ2v) is 4.81. The van der Waals surface area contributed by atoms with Gasteiger partial charge in [-0.3, -0.25) is 9.79 Å². The van der Waals surface area contributed by atoms with Crippen LogP contribution in [0.2, 0.25) is 0 Å². The predicted molar refractivity (Wildman–Crippen MR) is 71.3 cm³/mol. The lowest BCUT2D eigenvalue weighted by molar-refractivity contribution is -0.123. The molecule has 0 aliphatic carbocycles. The fourth-order valence-electron chi connectivity index (χ4n) is 1.68. The number of guanidine groups is 1. The van der Waals surface area contributed by atoms with Gasteiger partial charge >= 0.3 is 0 Å². The van der Waals surface area contributed by atoms with Gasteiger partial charge in [-0.15, -0.1) is 0 Å². The lowest BCUT2D eigenvalue weighted by atomic mass is 10.2. The van der Waals surface area contributed by atoms with E-state index >= 15 is 0 Å². The highest BCUT2D eigenvalue weighted by Gasteiger charge is 2.17. The number of rotatable bonds is 4. The van der Waals surface area contributed by atoms with Crippen molar-refractivity contribution in [3.05, 3.63) is 0 Å². The van der Waals surface area contributed by atoms with E-state index in [2.05, 4.69) is 10.3 Å². The molecule has 6 nitrogen and oxygen atoms in total. The molecule has 0 saturated carbocycles. The summed E-state index contributed by atoms with van der Waals surface area (Å²) in [5, 5.41) is 2.80. The molecule has 104 valence electrons. The number of nitrogens with two attached hydrogens (primary N) is 1. The van der Waals surface area contributed by atoms with Crippen LogP contribution in [-0.2, 0) is 9.53 Å². The lowest BCUT2D eigenvalue weighted by Crippen LogP contribution is -2.48. The number of aliphatic imine (C=N–C) groups is 1. The number of hydrogen-bond acceptors (Lipinski definition) is 3. The second kappa shape index (κ2) is 7.20. The number of hydrogen-bond donors (Lipinski definition) is 2. The van der Waals surface area contributed by atoms with Crippen molar-refractivity contribution in [2.24, 2.45) is 16.6 Å². The van der Waals surface area contributed by atoms with E-state index in [0.29, 0.717) is 25.7 Å². The van der Waals surface area contributed by atoms with Crippen molar-refractivity contribution in [3.63, 3.8) is 0 Å². The van der Waals surface area contributed by atoms with Crippen molar-refractivity contribution < 1.29 is 9.53 Å². The van der Waals surface area contributed by atoms with Crippen molar-refractivity contribution in [2.75, 3.05) is 32.8 Å². The number of carbonyl (C=O) groups is 1. The first-order chi connectivity index (χ1) is 8.50. The molecule has 1 rings (SSSR count). The quantitative estimate of drug-likeness (QED) is 0.414. The summed E-state index contributed by atoms with van der Waals surface area (Å²) in [6.45, 7) is 9.01. The largest absolute Gasteiger partial charge is 0.375 e. The van der Waals surface area contributed by atoms with Gasteiger partial charge in [0.25, 0.3) is 0 Å². The topological polar surface area (TPSA) is 80.0 Å². The molecule has 0 aromatic rings. The first-order valence-corrected chi connectivity index (χ1v) is 6.45. The van der Waals surface area contributed by atoms with Crippen LogP contribution < -0.4 is 11.1 Å². The molecule has 0 bridgehead atoms. The normalized spacial score (nSPS) is 21.2. The average Bonchev–Trinajstić information content (AvgIpc) is 2.33. The zero-order chi connectivity index (χ0) is 13.5. The maximum atomic E-state index is 11.3. The number of carbonyl (C=O) groups excluding carboxylic acids is 1. The molecule has 1 atom stereocenters. The highest BCUT2D eigenvalue weighted by atomic mass is 16.5. The summed E-state index contributed by atoms with van der Waals surface area (Å²) in [4.78, 5) is 17.6. The summed E-state index contributed by atoms with van der Waals surface area (Å²) >= 11 is 0. The van der Waals surface area contributed by atoms with Gasteiger partial charge in [0.1, 0.15) is 0 Å². The third-order valence-corrected chi connectivity index (χ3v) is 2.77. The van der Waals surface area contributed by atoms with Gasteiger partial charge in [-0.05, 0) is 6.92 Å². The Morgan fingerprint density at radius 1 is 1.61 bits per heavy atom. The number of nitrogens with zero attached hydrogens (tertiary/aromatic N) is 2. The molecule has 0 aromatic carbocycles. The minimum Gasteiger partial charge on any atom is -0.375 e. The van der Waals surface area contributed by atoms with E-state index < -0.39 is 0 Å². The van der Waals surface area contributed by atoms with Gasteiger partial charge in [0, 0.05) is 25.6 Å². The molecule has 6 heteroatoms. The Labute approximate surface area is 109 Å². The van der Waals surface area contributed by atoms with E-state index in [1.165, 1.54) is 0 Å². The molecule has 1 saturated heterocycles. The summed E-state index contributed by atoms with van der Waals surface area (Å²) in [7, 11) is 0. The van der Waals surface area contributed by atoms with Crippen molar-refractivity contribution >= 4 is 11.9 Å². The highest BCUT2D eigenvalue weighted by Crippen LogP contribution is 2.03. The van der Waals surface area contributed by atoms with Crippen LogP contribution in [0.5, 0.6) is 0 Å². The Hall–Kier alpha value is -1.30. The summed E-state index contributed by atoms with van der Waals surface area (Å²) < 4.78 is 5.43. The molecule has 3 N–H and O–H groups in total. The standard InChI is InChI=1S/C12H24N4O2/c1-9(2)11(17)14-4-5-15-12(13)16-6-7-18-10(3)8-16/h9-10H,4-8H2,1-3H3,(H2,13,15)(H,14,17). The van der Waals surface area contributed by atoms with E-state index in [1.54, 1.807) is 0 Å². The number of ether oxygens (including phenoxy) is 1. The van der Waals surface area contributed by atoms with Crippen LogP contribution in [0.3, 0.4) is 0 Å². The molecule has 1 aliphatic rings. The Kier molecular flexibility index (Phi) is 5.91. The summed E-state index contributed by atoms with van der Waals surface area (Å²) in [5.41, 5.74) is 5.89. The Bertz CT molecular complexity index is 304. The second-order valence-electron chi connectivity index (χ2n) is 4.81. The van der Waals surface area contributed by atoms with Crippen molar-refractivity contribution in [2.45, 2.75) is 26.9 Å². The maximum absolute atomic E-state index is 11.3. The lowest BCUT2D eigenvalue weighted by Gasteiger charge is -2.31. The van der Waals surface area contributed by atoms with Gasteiger partial charge in [-0.25, -0.2) is 0 Å². The molecule has 1 fully saturated rings. The van der Waals surface area contributed by atoms with Gasteiger partial charge in [-0.2, -0.15) is 0 Å². The molecule has 1 unspecified atom stereocenters. The molecular formula is C12H24N4O2. The summed E-state index contributed by atoms with van der Waals surface area (Å²) in [6.07, 6.45) is 0.188. The van der Waals surface area contributed by atoms with E-state index in [0.717, 1.165) is 13.1 Å². The van der Waals surface area contributed by atoms with Gasteiger partial charge in [0.2, 0.25) is 5.91 Å². The van der Waals surface area contributed by atoms with Crippen LogP contribution in [0.4, 0.5) is 0 Å². The van der Waals surface area contributed by atoms with Crippen molar-refractivity contribution in [3.8, 4) is 0 Å². The first kappa shape index (κ1) is 14.8. The van der Waals surface area contributed by atoms with Crippen LogP contribution in [0.1, 0.15) is 20.8 Å². The number of morpholine rings is 1. The molecule has 0 aromatic heterocycles. The highest BCUT2D eigenvalue weighted by molar-refractivity contribution is 5.79. The minimum atomic E-state index is 0.00594. The summed E-state index contributed by atoms with van der Waals surface area (Å²) in [6, 6.07) is 0. The maximum Gasteiger partial charge on any atom is 0.222 e. The van der Waals surface area contributed by atoms with E-state index in [9.17, 15) is 4.79 Å². The van der Waals surface area contributed by atoms with E-state index in [1.807, 2.05) is 25.7 Å². The van der Waals surface area contributed by atoms with Crippen LogP contribution in [0.25, 0.3) is 0 Å². The number of nitrogens with one attached hydrogen (secondary N) is 1. The van der Waals surface area contributed by atoms with Crippen molar-refractivity contribution in [1.82, 2.24) is 10.2 Å². The van der Waals surface area contributed by atoms with Gasteiger partial charge < -0.3 is 20.7 Å². The van der Waals surface area contributed by atoms with E-state index in [-0.39, 0.29) is 17.9 Å². The minimum absolute atomic E-state index is 0.00594. The smallest absolute Gasteiger partial charge is 0.222 e. The predicted octanol–water partition coefficient (Wildman–Crippen LogP) is -0.206. The zero-order valence-electron chi connectivity index (χ0n) is 11.5. The average molecular weight is 256 g/mol. The molecule has 18 heavy (non-hydrogen) atoms. The molecule has 1 aliphatic heterocycles. The van der Waals surface area contributed by atoms with Gasteiger partial charge in [0.05, 0.1) is 19.3 Å². The van der Waals surface area contributed by atoms with Gasteiger partial charge in [-0.1, -0.05) is 13.8 Å². The zero-order valence-corrected chi connectivity index (χ0v) is 11.5. The Balaban J connectivity index is 2.26. The molecule has 1 heterocycles. The van der Waals surface area contributed by atoms with Crippen LogP contribution >= 0.6 is 0 Å². The van der Waals surface area contributed by atoms with E-state index in [4.69, 9.17) is 10.5 Å². The fraction of sp³-hybridized carbons (Fsp3) is 0.833. The van der Waals surface area contributed by atoms with Crippen LogP contribution in [-0.4, -0.2) is 55.7 Å². The third kappa shape index (κ3) is 4.91. The van der Waals surface area contributed by atoms with Crippen molar-refractivity contribution in [1.29, 1.82) is 0 Å². The van der Waals surface area contributed by atoms with Crippen LogP contribution in [0, 0.1) is 5.92 Å². The third-order valence-electron chi connectivity index (χ3n) is 2.77. The molecule has 0 radical (unpaired) electrons. The summed E-state index contributed by atoms with van der Waals surface area (Å²) in [5.74, 6) is 0.583. The van der Waals surface area contributed by atoms with Gasteiger partial charge in [0.15, 0.2) is 5.96 Å². The molecule has 0 spiro atoms. The monoisotopic (exact) mass is 256 g/mol. The Morgan fingerprint density at radius 2 is 2.33 bits per heavy atom. The SMILES string of the molecule is CC1CN(C(N)=NCCNC(=O)C(C)C)CCO1. The fourth-order valence-corrected chi connectivity index (χ4v) is 1.68. The first-order valence-electron chi connectivity index (χ1n) is 6.45.